The van der Waals surface area contributed by atoms with Crippen molar-refractivity contribution in [3.8, 4) is 5.75 Å². The van der Waals surface area contributed by atoms with E-state index in [2.05, 4.69) is 16.0 Å². The Bertz CT molecular complexity index is 1260. The van der Waals surface area contributed by atoms with Gasteiger partial charge in [0, 0.05) is 25.3 Å². The molecule has 0 bridgehead atoms. The van der Waals surface area contributed by atoms with Gasteiger partial charge in [-0.1, -0.05) is 36.4 Å². The number of hydrogen-bond acceptors (Lipinski definition) is 5. The molecule has 2 amide bonds. The molecule has 37 heavy (non-hydrogen) atoms. The minimum atomic E-state index is -4.48. The molecule has 10 heteroatoms. The predicted molar refractivity (Wildman–Crippen MR) is 132 cm³/mol. The van der Waals surface area contributed by atoms with Gasteiger partial charge in [0.25, 0.3) is 5.91 Å². The van der Waals surface area contributed by atoms with Crippen LogP contribution in [0.25, 0.3) is 0 Å². The number of benzene rings is 3. The van der Waals surface area contributed by atoms with Gasteiger partial charge in [0.05, 0.1) is 30.5 Å². The second-order valence-corrected chi connectivity index (χ2v) is 8.59. The molecule has 194 valence electrons. The lowest BCUT2D eigenvalue weighted by Crippen LogP contribution is -2.59. The van der Waals surface area contributed by atoms with Crippen molar-refractivity contribution in [3.05, 3.63) is 89.5 Å². The molecule has 0 aromatic heterocycles. The number of methoxy groups -OCH3 is 1. The molecule has 3 aromatic carbocycles. The molecule has 0 radical (unpaired) electrons. The van der Waals surface area contributed by atoms with Crippen molar-refractivity contribution < 1.29 is 32.2 Å². The Kier molecular flexibility index (Phi) is 7.68. The van der Waals surface area contributed by atoms with Gasteiger partial charge >= 0.3 is 6.18 Å². The van der Waals surface area contributed by atoms with Crippen LogP contribution in [-0.2, 0) is 22.3 Å². The van der Waals surface area contributed by atoms with Gasteiger partial charge in [-0.25, -0.2) is 0 Å². The molecular weight excluding hydrogens is 487 g/mol. The molecule has 3 N–H and O–H groups in total. The van der Waals surface area contributed by atoms with Crippen molar-refractivity contribution in [2.75, 3.05) is 25.6 Å². The van der Waals surface area contributed by atoms with Gasteiger partial charge < -0.3 is 25.4 Å². The molecule has 4 rings (SSSR count). The van der Waals surface area contributed by atoms with Crippen LogP contribution in [0.4, 0.5) is 24.5 Å². The normalized spacial score (nSPS) is 17.2. The average molecular weight is 514 g/mol. The third kappa shape index (κ3) is 6.03. The maximum atomic E-state index is 13.2. The fourth-order valence-corrected chi connectivity index (χ4v) is 4.07. The summed E-state index contributed by atoms with van der Waals surface area (Å²) in [7, 11) is 1.46. The van der Waals surface area contributed by atoms with E-state index in [0.29, 0.717) is 30.0 Å². The summed E-state index contributed by atoms with van der Waals surface area (Å²) in [5, 5.41) is 8.43. The molecule has 7 nitrogen and oxygen atoms in total. The van der Waals surface area contributed by atoms with Crippen LogP contribution in [0.2, 0.25) is 0 Å². The highest BCUT2D eigenvalue weighted by Crippen LogP contribution is 2.35. The van der Waals surface area contributed by atoms with Gasteiger partial charge in [0.1, 0.15) is 11.3 Å². The van der Waals surface area contributed by atoms with E-state index in [0.717, 1.165) is 11.6 Å². The van der Waals surface area contributed by atoms with E-state index in [9.17, 15) is 22.8 Å². The molecule has 3 aromatic rings. The first-order chi connectivity index (χ1) is 17.7. The Balaban J connectivity index is 1.40. The van der Waals surface area contributed by atoms with Gasteiger partial charge in [0.2, 0.25) is 5.91 Å². The van der Waals surface area contributed by atoms with Crippen molar-refractivity contribution in [1.82, 2.24) is 10.6 Å². The Morgan fingerprint density at radius 2 is 1.70 bits per heavy atom. The molecule has 1 aliphatic heterocycles. The van der Waals surface area contributed by atoms with Gasteiger partial charge in [0.15, 0.2) is 0 Å². The average Bonchev–Trinajstić information content (AvgIpc) is 3.37. The number of nitrogens with one attached hydrogen (secondary N) is 3. The number of carbonyl (C=O) groups excluding carboxylic acids is 2. The zero-order chi connectivity index (χ0) is 26.5. The fourth-order valence-electron chi connectivity index (χ4n) is 4.07. The van der Waals surface area contributed by atoms with E-state index >= 15 is 0 Å². The van der Waals surface area contributed by atoms with E-state index < -0.39 is 29.1 Å². The number of anilines is 2. The van der Waals surface area contributed by atoms with E-state index in [-0.39, 0.29) is 18.8 Å². The second kappa shape index (κ2) is 10.9. The topological polar surface area (TPSA) is 88.7 Å². The number of para-hydroxylation sites is 2. The smallest absolute Gasteiger partial charge is 0.418 e. The summed E-state index contributed by atoms with van der Waals surface area (Å²) in [4.78, 5) is 26.1. The van der Waals surface area contributed by atoms with Gasteiger partial charge in [-0.2, -0.15) is 13.2 Å². The molecule has 0 aliphatic carbocycles. The lowest BCUT2D eigenvalue weighted by molar-refractivity contribution is -0.137. The molecule has 1 atom stereocenters. The summed E-state index contributed by atoms with van der Waals surface area (Å²) in [6, 6.07) is 18.6. The van der Waals surface area contributed by atoms with E-state index in [1.807, 2.05) is 0 Å². The van der Waals surface area contributed by atoms with E-state index in [1.165, 1.54) is 25.3 Å². The van der Waals surface area contributed by atoms with Crippen molar-refractivity contribution in [1.29, 1.82) is 0 Å². The Labute approximate surface area is 212 Å². The number of ether oxygens (including phenoxy) is 2. The molecule has 1 aliphatic rings. The third-order valence-corrected chi connectivity index (χ3v) is 6.08. The highest BCUT2D eigenvalue weighted by molar-refractivity contribution is 6.01. The summed E-state index contributed by atoms with van der Waals surface area (Å²) in [5.41, 5.74) is -0.541. The number of halogens is 3. The molecule has 1 saturated heterocycles. The SMILES string of the molecule is COc1ccccc1C(=O)N[C@@]1(C(=O)NCc2ccc(Nc3ccccc3C(F)(F)F)cc2)CCOC1. The summed E-state index contributed by atoms with van der Waals surface area (Å²) >= 11 is 0. The molecular formula is C27H26F3N3O4. The van der Waals surface area contributed by atoms with E-state index in [4.69, 9.17) is 9.47 Å². The molecule has 1 fully saturated rings. The number of amides is 2. The minimum absolute atomic E-state index is 0.0290. The summed E-state index contributed by atoms with van der Waals surface area (Å²) in [6.45, 7) is 0.505. The first kappa shape index (κ1) is 26.0. The van der Waals surface area contributed by atoms with Gasteiger partial charge in [-0.3, -0.25) is 9.59 Å². The van der Waals surface area contributed by atoms with Crippen LogP contribution in [0.3, 0.4) is 0 Å². The van der Waals surface area contributed by atoms with Crippen LogP contribution < -0.4 is 20.7 Å². The first-order valence-corrected chi connectivity index (χ1v) is 11.6. The highest BCUT2D eigenvalue weighted by Gasteiger charge is 2.44. The van der Waals surface area contributed by atoms with Crippen LogP contribution in [0.5, 0.6) is 5.75 Å². The Hall–Kier alpha value is -4.05. The Morgan fingerprint density at radius 1 is 1.00 bits per heavy atom. The van der Waals surface area contributed by atoms with E-state index in [1.54, 1.807) is 48.5 Å². The number of carbonyl (C=O) groups is 2. The summed E-state index contributed by atoms with van der Waals surface area (Å²) < 4.78 is 50.4. The molecule has 0 saturated carbocycles. The quantitative estimate of drug-likeness (QED) is 0.408. The second-order valence-electron chi connectivity index (χ2n) is 8.59. The lowest BCUT2D eigenvalue weighted by Gasteiger charge is -2.28. The van der Waals surface area contributed by atoms with Crippen LogP contribution in [0.15, 0.2) is 72.8 Å². The van der Waals surface area contributed by atoms with Crippen LogP contribution >= 0.6 is 0 Å². The van der Waals surface area contributed by atoms with Crippen LogP contribution in [0, 0.1) is 0 Å². The molecule has 0 unspecified atom stereocenters. The Morgan fingerprint density at radius 3 is 2.38 bits per heavy atom. The molecule has 1 heterocycles. The summed E-state index contributed by atoms with van der Waals surface area (Å²) in [5.74, 6) is -0.455. The zero-order valence-corrected chi connectivity index (χ0v) is 20.0. The first-order valence-electron chi connectivity index (χ1n) is 11.6. The van der Waals surface area contributed by atoms with Crippen LogP contribution in [0.1, 0.15) is 27.9 Å². The van der Waals surface area contributed by atoms with Crippen molar-refractivity contribution >= 4 is 23.2 Å². The summed E-state index contributed by atoms with van der Waals surface area (Å²) in [6.07, 6.45) is -4.17. The standard InChI is InChI=1S/C27H26F3N3O4/c1-36-23-9-5-2-6-20(23)24(34)33-26(14-15-37-17-26)25(35)31-16-18-10-12-19(13-11-18)32-22-8-4-3-7-21(22)27(28,29)30/h2-13,32H,14-17H2,1H3,(H,31,35)(H,33,34)/t26-/m0/s1. The number of hydrogen-bond donors (Lipinski definition) is 3. The van der Waals surface area contributed by atoms with Crippen molar-refractivity contribution in [2.45, 2.75) is 24.7 Å². The number of rotatable bonds is 8. The molecule has 0 spiro atoms. The van der Waals surface area contributed by atoms with Crippen LogP contribution in [-0.4, -0.2) is 37.7 Å². The monoisotopic (exact) mass is 513 g/mol. The zero-order valence-electron chi connectivity index (χ0n) is 20.0. The van der Waals surface area contributed by atoms with Gasteiger partial charge in [-0.15, -0.1) is 0 Å². The predicted octanol–water partition coefficient (Wildman–Crippen LogP) is 4.66. The lowest BCUT2D eigenvalue weighted by atomic mass is 9.96. The van der Waals surface area contributed by atoms with Crippen molar-refractivity contribution in [2.24, 2.45) is 0 Å². The highest BCUT2D eigenvalue weighted by atomic mass is 19.4. The van der Waals surface area contributed by atoms with Gasteiger partial charge in [-0.05, 0) is 42.0 Å². The third-order valence-electron chi connectivity index (χ3n) is 6.08. The minimum Gasteiger partial charge on any atom is -0.496 e. The maximum Gasteiger partial charge on any atom is 0.418 e. The largest absolute Gasteiger partial charge is 0.496 e. The fraction of sp³-hybridized carbons (Fsp3) is 0.259. The maximum absolute atomic E-state index is 13.2. The number of alkyl halides is 3. The van der Waals surface area contributed by atoms with Crippen molar-refractivity contribution in [3.63, 3.8) is 0 Å².